The molecule has 0 spiro atoms. The zero-order valence-electron chi connectivity index (χ0n) is 17.6. The molecule has 0 radical (unpaired) electrons. The molecular weight excluding hydrogens is 499 g/mol. The van der Waals surface area contributed by atoms with Crippen molar-refractivity contribution in [3.05, 3.63) is 52.0 Å². The van der Waals surface area contributed by atoms with E-state index in [2.05, 4.69) is 40.6 Å². The number of hydrogen-bond donors (Lipinski definition) is 2. The third kappa shape index (κ3) is 7.85. The zero-order chi connectivity index (χ0) is 20.4. The SMILES string of the molecule is C=CCc1cc(CN=C(NCC)NCCc2csc(C)n2)cc(OC)c1OC.I. The molecule has 1 heterocycles. The van der Waals surface area contributed by atoms with Crippen molar-refractivity contribution in [1.29, 1.82) is 0 Å². The Bertz CT molecular complexity index is 808. The maximum Gasteiger partial charge on any atom is 0.191 e. The summed E-state index contributed by atoms with van der Waals surface area (Å²) in [5.74, 6) is 2.25. The average Bonchev–Trinajstić information content (AvgIpc) is 3.11. The first-order valence-electron chi connectivity index (χ1n) is 9.39. The van der Waals surface area contributed by atoms with Gasteiger partial charge in [0.25, 0.3) is 0 Å². The molecule has 8 heteroatoms. The lowest BCUT2D eigenvalue weighted by Gasteiger charge is -2.14. The van der Waals surface area contributed by atoms with E-state index in [0.29, 0.717) is 18.7 Å². The van der Waals surface area contributed by atoms with Crippen molar-refractivity contribution in [1.82, 2.24) is 15.6 Å². The molecule has 1 aromatic heterocycles. The van der Waals surface area contributed by atoms with Crippen LogP contribution >= 0.6 is 35.3 Å². The fourth-order valence-corrected chi connectivity index (χ4v) is 3.50. The molecule has 6 nitrogen and oxygen atoms in total. The van der Waals surface area contributed by atoms with Crippen LogP contribution < -0.4 is 20.1 Å². The number of aromatic nitrogens is 1. The minimum atomic E-state index is 0. The molecule has 0 saturated carbocycles. The molecule has 0 atom stereocenters. The Morgan fingerprint density at radius 3 is 2.66 bits per heavy atom. The van der Waals surface area contributed by atoms with Gasteiger partial charge in [-0.2, -0.15) is 0 Å². The number of aryl methyl sites for hydroxylation is 1. The van der Waals surface area contributed by atoms with Gasteiger partial charge in [-0.05, 0) is 38.0 Å². The smallest absolute Gasteiger partial charge is 0.191 e. The van der Waals surface area contributed by atoms with Crippen molar-refractivity contribution in [2.75, 3.05) is 27.3 Å². The van der Waals surface area contributed by atoms with E-state index in [4.69, 9.17) is 14.5 Å². The summed E-state index contributed by atoms with van der Waals surface area (Å²) in [6.45, 7) is 10.0. The molecule has 0 fully saturated rings. The van der Waals surface area contributed by atoms with E-state index in [9.17, 15) is 0 Å². The number of methoxy groups -OCH3 is 2. The van der Waals surface area contributed by atoms with Gasteiger partial charge < -0.3 is 20.1 Å². The van der Waals surface area contributed by atoms with E-state index in [0.717, 1.165) is 53.0 Å². The van der Waals surface area contributed by atoms with E-state index < -0.39 is 0 Å². The molecule has 0 aliphatic heterocycles. The van der Waals surface area contributed by atoms with Crippen LogP contribution in [0, 0.1) is 6.92 Å². The Hall–Kier alpha value is -1.81. The van der Waals surface area contributed by atoms with Gasteiger partial charge in [-0.3, -0.25) is 0 Å². The lowest BCUT2D eigenvalue weighted by molar-refractivity contribution is 0.352. The van der Waals surface area contributed by atoms with Gasteiger partial charge >= 0.3 is 0 Å². The predicted molar refractivity (Wildman–Crippen MR) is 132 cm³/mol. The second-order valence-electron chi connectivity index (χ2n) is 6.21. The molecule has 0 aliphatic carbocycles. The Morgan fingerprint density at radius 1 is 1.28 bits per heavy atom. The molecule has 0 unspecified atom stereocenters. The Labute approximate surface area is 194 Å². The van der Waals surface area contributed by atoms with E-state index in [1.807, 2.05) is 19.1 Å². The van der Waals surface area contributed by atoms with Crippen LogP contribution in [0.2, 0.25) is 0 Å². The van der Waals surface area contributed by atoms with E-state index in [1.54, 1.807) is 25.6 Å². The van der Waals surface area contributed by atoms with Gasteiger partial charge in [0.05, 0.1) is 31.5 Å². The third-order valence-corrected chi connectivity index (χ3v) is 4.91. The number of ether oxygens (including phenoxy) is 2. The van der Waals surface area contributed by atoms with Crippen molar-refractivity contribution in [2.24, 2.45) is 4.99 Å². The number of rotatable bonds is 10. The lowest BCUT2D eigenvalue weighted by Crippen LogP contribution is -2.38. The third-order valence-electron chi connectivity index (χ3n) is 4.08. The molecule has 2 N–H and O–H groups in total. The van der Waals surface area contributed by atoms with Crippen LogP contribution in [0.15, 0.2) is 35.2 Å². The van der Waals surface area contributed by atoms with Crippen LogP contribution in [-0.2, 0) is 19.4 Å². The van der Waals surface area contributed by atoms with Gasteiger partial charge in [-0.15, -0.1) is 41.9 Å². The summed E-state index contributed by atoms with van der Waals surface area (Å²) in [6, 6.07) is 4.06. The van der Waals surface area contributed by atoms with Gasteiger partial charge in [0.1, 0.15) is 0 Å². The summed E-state index contributed by atoms with van der Waals surface area (Å²) in [4.78, 5) is 9.20. The maximum absolute atomic E-state index is 5.50. The van der Waals surface area contributed by atoms with E-state index in [1.165, 1.54) is 0 Å². The van der Waals surface area contributed by atoms with Crippen molar-refractivity contribution < 1.29 is 9.47 Å². The fraction of sp³-hybridized carbons (Fsp3) is 0.429. The summed E-state index contributed by atoms with van der Waals surface area (Å²) in [5, 5.41) is 9.85. The highest BCUT2D eigenvalue weighted by atomic mass is 127. The zero-order valence-corrected chi connectivity index (χ0v) is 20.7. The number of nitrogens with zero attached hydrogens (tertiary/aromatic N) is 2. The molecule has 160 valence electrons. The quantitative estimate of drug-likeness (QED) is 0.210. The van der Waals surface area contributed by atoms with Crippen LogP contribution in [0.5, 0.6) is 11.5 Å². The van der Waals surface area contributed by atoms with Crippen molar-refractivity contribution in [3.63, 3.8) is 0 Å². The largest absolute Gasteiger partial charge is 0.493 e. The van der Waals surface area contributed by atoms with Crippen molar-refractivity contribution in [3.8, 4) is 11.5 Å². The number of benzene rings is 1. The van der Waals surface area contributed by atoms with E-state index >= 15 is 0 Å². The Balaban J connectivity index is 0.00000420. The number of nitrogens with one attached hydrogen (secondary N) is 2. The van der Waals surface area contributed by atoms with Crippen LogP contribution in [0.25, 0.3) is 0 Å². The minimum Gasteiger partial charge on any atom is -0.493 e. The summed E-state index contributed by atoms with van der Waals surface area (Å²) in [6.07, 6.45) is 3.44. The normalized spacial score (nSPS) is 10.8. The molecular formula is C21H31IN4O2S. The minimum absolute atomic E-state index is 0. The van der Waals surface area contributed by atoms with Gasteiger partial charge in [-0.1, -0.05) is 6.08 Å². The number of thiazole rings is 1. The molecule has 0 bridgehead atoms. The van der Waals surface area contributed by atoms with Gasteiger partial charge in [0, 0.05) is 30.5 Å². The second-order valence-corrected chi connectivity index (χ2v) is 7.28. The first-order chi connectivity index (χ1) is 13.6. The van der Waals surface area contributed by atoms with Crippen LogP contribution in [0.1, 0.15) is 28.8 Å². The van der Waals surface area contributed by atoms with Gasteiger partial charge in [0.2, 0.25) is 0 Å². The Morgan fingerprint density at radius 2 is 2.07 bits per heavy atom. The molecule has 29 heavy (non-hydrogen) atoms. The highest BCUT2D eigenvalue weighted by Crippen LogP contribution is 2.33. The lowest BCUT2D eigenvalue weighted by atomic mass is 10.1. The number of hydrogen-bond acceptors (Lipinski definition) is 5. The molecule has 2 rings (SSSR count). The van der Waals surface area contributed by atoms with Crippen molar-refractivity contribution >= 4 is 41.3 Å². The molecule has 2 aromatic rings. The van der Waals surface area contributed by atoms with Gasteiger partial charge in [-0.25, -0.2) is 9.98 Å². The van der Waals surface area contributed by atoms with Gasteiger partial charge in [0.15, 0.2) is 17.5 Å². The number of halogens is 1. The predicted octanol–water partition coefficient (Wildman–Crippen LogP) is 4.11. The summed E-state index contributed by atoms with van der Waals surface area (Å²) in [5.41, 5.74) is 3.21. The van der Waals surface area contributed by atoms with Crippen LogP contribution in [-0.4, -0.2) is 38.3 Å². The first-order valence-corrected chi connectivity index (χ1v) is 10.3. The second kappa shape index (κ2) is 13.4. The summed E-state index contributed by atoms with van der Waals surface area (Å²) < 4.78 is 11.0. The monoisotopic (exact) mass is 530 g/mol. The maximum atomic E-state index is 5.50. The van der Waals surface area contributed by atoms with Crippen molar-refractivity contribution in [2.45, 2.75) is 33.2 Å². The molecule has 0 aliphatic rings. The van der Waals surface area contributed by atoms with Crippen LogP contribution in [0.4, 0.5) is 0 Å². The number of aliphatic imine (C=N–C) groups is 1. The fourth-order valence-electron chi connectivity index (χ4n) is 2.85. The summed E-state index contributed by atoms with van der Waals surface area (Å²) in [7, 11) is 3.30. The molecule has 0 saturated heterocycles. The van der Waals surface area contributed by atoms with E-state index in [-0.39, 0.29) is 24.0 Å². The van der Waals surface area contributed by atoms with Crippen LogP contribution in [0.3, 0.4) is 0 Å². The number of guanidine groups is 1. The molecule has 0 amide bonds. The topological polar surface area (TPSA) is 67.8 Å². The molecule has 1 aromatic carbocycles. The summed E-state index contributed by atoms with van der Waals surface area (Å²) >= 11 is 1.68. The average molecular weight is 530 g/mol. The highest BCUT2D eigenvalue weighted by molar-refractivity contribution is 14.0. The number of allylic oxidation sites excluding steroid dienone is 1. The first kappa shape index (κ1) is 25.2. The highest BCUT2D eigenvalue weighted by Gasteiger charge is 2.11. The standard InChI is InChI=1S/C21H30N4O2S.HI/c1-6-8-17-11-16(12-19(26-4)20(17)27-5)13-24-21(22-7-2)23-10-9-18-14-28-15(3)25-18;/h6,11-12,14H,1,7-10,13H2,2-5H3,(H2,22,23,24);1H. The Kier molecular flexibility index (Phi) is 11.7.